The van der Waals surface area contributed by atoms with Crippen LogP contribution in [-0.4, -0.2) is 56.0 Å². The summed E-state index contributed by atoms with van der Waals surface area (Å²) in [6.07, 6.45) is 6.86. The Morgan fingerprint density at radius 3 is 2.06 bits per heavy atom. The number of methoxy groups -OCH3 is 2. The molecule has 31 heavy (non-hydrogen) atoms. The third-order valence-electron chi connectivity index (χ3n) is 3.41. The summed E-state index contributed by atoms with van der Waals surface area (Å²) in [7, 11) is 3.09. The van der Waals surface area contributed by atoms with Crippen molar-refractivity contribution in [3.8, 4) is 0 Å². The fraction of sp³-hybridized carbons (Fsp3) is 0.273. The van der Waals surface area contributed by atoms with Crippen LogP contribution in [0.15, 0.2) is 61.2 Å². The maximum atomic E-state index is 11.0. The van der Waals surface area contributed by atoms with Crippen LogP contribution in [0.1, 0.15) is 18.4 Å². The van der Waals surface area contributed by atoms with Crippen molar-refractivity contribution in [2.45, 2.75) is 19.1 Å². The predicted octanol–water partition coefficient (Wildman–Crippen LogP) is 2.10. The number of benzene rings is 1. The van der Waals surface area contributed by atoms with Gasteiger partial charge < -0.3 is 24.6 Å². The lowest BCUT2D eigenvalue weighted by atomic mass is 10.2. The molecule has 1 aromatic rings. The average Bonchev–Trinajstić information content (AvgIpc) is 3.16. The minimum Gasteiger partial charge on any atom is -0.478 e. The Morgan fingerprint density at radius 2 is 1.68 bits per heavy atom. The largest absolute Gasteiger partial charge is 0.478 e. The summed E-state index contributed by atoms with van der Waals surface area (Å²) in [5.74, 6) is -2.72. The molecule has 1 aliphatic rings. The number of hydrogen-bond acceptors (Lipinski definition) is 7. The second-order valence-corrected chi connectivity index (χ2v) is 5.69. The number of ether oxygens (including phenoxy) is 3. The number of carbonyl (C=O) groups excluding carboxylic acids is 3. The zero-order valence-electron chi connectivity index (χ0n) is 17.5. The molecule has 1 aliphatic heterocycles. The van der Waals surface area contributed by atoms with E-state index in [1.165, 1.54) is 5.56 Å². The van der Waals surface area contributed by atoms with Crippen molar-refractivity contribution in [3.63, 3.8) is 0 Å². The van der Waals surface area contributed by atoms with Gasteiger partial charge in [-0.3, -0.25) is 4.79 Å². The van der Waals surface area contributed by atoms with E-state index in [2.05, 4.69) is 16.6 Å². The third kappa shape index (κ3) is 16.0. The highest BCUT2D eigenvalue weighted by Gasteiger charge is 2.10. The van der Waals surface area contributed by atoms with Crippen LogP contribution in [0, 0.1) is 0 Å². The maximum absolute atomic E-state index is 11.0. The van der Waals surface area contributed by atoms with Gasteiger partial charge in [0.25, 0.3) is 0 Å². The van der Waals surface area contributed by atoms with Crippen LogP contribution in [0.25, 0.3) is 6.08 Å². The Kier molecular flexibility index (Phi) is 15.3. The Hall–Kier alpha value is -3.56. The maximum Gasteiger partial charge on any atom is 0.338 e. The molecular formula is C22H27NO8. The van der Waals surface area contributed by atoms with Crippen LogP contribution in [0.3, 0.4) is 0 Å². The number of cyclic esters (lactones) is 2. The molecule has 9 nitrogen and oxygen atoms in total. The van der Waals surface area contributed by atoms with Crippen molar-refractivity contribution in [2.24, 2.45) is 0 Å². The second-order valence-electron chi connectivity index (χ2n) is 5.69. The molecular weight excluding hydrogens is 406 g/mol. The van der Waals surface area contributed by atoms with Gasteiger partial charge in [-0.25, -0.2) is 14.4 Å². The molecule has 0 spiro atoms. The smallest absolute Gasteiger partial charge is 0.338 e. The first kappa shape index (κ1) is 27.4. The quantitative estimate of drug-likeness (QED) is 0.199. The van der Waals surface area contributed by atoms with Crippen molar-refractivity contribution in [2.75, 3.05) is 20.8 Å². The van der Waals surface area contributed by atoms with E-state index >= 15 is 0 Å². The molecule has 1 aromatic carbocycles. The van der Waals surface area contributed by atoms with Gasteiger partial charge in [0.05, 0.1) is 0 Å². The molecule has 0 atom stereocenters. The van der Waals surface area contributed by atoms with Gasteiger partial charge in [0.1, 0.15) is 0 Å². The zero-order valence-corrected chi connectivity index (χ0v) is 17.5. The molecule has 1 heterocycles. The molecule has 0 aliphatic carbocycles. The summed E-state index contributed by atoms with van der Waals surface area (Å²) in [6.45, 7) is 4.08. The van der Waals surface area contributed by atoms with Crippen LogP contribution >= 0.6 is 0 Å². The summed E-state index contributed by atoms with van der Waals surface area (Å²) >= 11 is 0. The minimum absolute atomic E-state index is 0.272. The fourth-order valence-corrected chi connectivity index (χ4v) is 1.91. The normalized spacial score (nSPS) is 11.8. The number of rotatable bonds is 9. The minimum atomic E-state index is -1.14. The molecule has 168 valence electrons. The first-order valence-corrected chi connectivity index (χ1v) is 9.18. The van der Waals surface area contributed by atoms with E-state index in [9.17, 15) is 19.2 Å². The van der Waals surface area contributed by atoms with Crippen molar-refractivity contribution < 1.29 is 38.5 Å². The van der Waals surface area contributed by atoms with Crippen molar-refractivity contribution in [1.82, 2.24) is 5.32 Å². The van der Waals surface area contributed by atoms with E-state index in [1.54, 1.807) is 14.2 Å². The van der Waals surface area contributed by atoms with E-state index in [0.29, 0.717) is 19.4 Å². The van der Waals surface area contributed by atoms with Crippen LogP contribution in [0.4, 0.5) is 0 Å². The Balaban J connectivity index is 0.000000492. The van der Waals surface area contributed by atoms with E-state index < -0.39 is 23.8 Å². The summed E-state index contributed by atoms with van der Waals surface area (Å²) < 4.78 is 13.9. The van der Waals surface area contributed by atoms with E-state index in [-0.39, 0.29) is 6.29 Å². The zero-order chi connectivity index (χ0) is 23.5. The number of carboxylic acid groups (broad SMARTS) is 1. The highest BCUT2D eigenvalue weighted by molar-refractivity contribution is 6.04. The van der Waals surface area contributed by atoms with Gasteiger partial charge in [-0.05, 0) is 12.0 Å². The number of carboxylic acids is 1. The molecule has 0 unspecified atom stereocenters. The Morgan fingerprint density at radius 1 is 1.10 bits per heavy atom. The van der Waals surface area contributed by atoms with Crippen LogP contribution in [0.2, 0.25) is 0 Å². The molecule has 0 radical (unpaired) electrons. The molecule has 0 aromatic heterocycles. The third-order valence-corrected chi connectivity index (χ3v) is 3.41. The van der Waals surface area contributed by atoms with Crippen LogP contribution in [-0.2, 0) is 33.4 Å². The van der Waals surface area contributed by atoms with E-state index in [1.807, 2.05) is 36.4 Å². The number of esters is 2. The van der Waals surface area contributed by atoms with E-state index in [0.717, 1.165) is 24.3 Å². The lowest BCUT2D eigenvalue weighted by Gasteiger charge is -2.12. The van der Waals surface area contributed by atoms with Crippen molar-refractivity contribution >= 4 is 29.9 Å². The number of nitrogens with one attached hydrogen (secondary N) is 1. The van der Waals surface area contributed by atoms with Gasteiger partial charge in [-0.15, -0.1) is 0 Å². The topological polar surface area (TPSA) is 128 Å². The fourth-order valence-electron chi connectivity index (χ4n) is 1.91. The van der Waals surface area contributed by atoms with Crippen LogP contribution in [0.5, 0.6) is 0 Å². The SMILES string of the molecule is C=Cc1ccccc1.COC(CCCNC(=O)/C=C\C(=O)O)OC.O=C1C=CC(=O)O1. The highest BCUT2D eigenvalue weighted by Crippen LogP contribution is 2.00. The van der Waals surface area contributed by atoms with Gasteiger partial charge in [-0.1, -0.05) is 43.0 Å². The standard InChI is InChI=1S/C10H17NO5.C8H8.C4H2O3/c1-15-10(16-2)4-3-7-11-8(12)5-6-9(13)14;1-2-8-6-4-3-5-7-8;5-3-1-2-4(6)7-3/h5-6,10H,3-4,7H2,1-2H3,(H,11,12)(H,13,14);2-7H,1H2;1-2H/b6-5-;;. The molecule has 0 fully saturated rings. The first-order chi connectivity index (χ1) is 14.8. The highest BCUT2D eigenvalue weighted by atomic mass is 16.7. The summed E-state index contributed by atoms with van der Waals surface area (Å²) in [5.41, 5.74) is 1.17. The number of carbonyl (C=O) groups is 4. The summed E-state index contributed by atoms with van der Waals surface area (Å²) in [5, 5.41) is 10.8. The van der Waals surface area contributed by atoms with Crippen molar-refractivity contribution in [1.29, 1.82) is 0 Å². The molecule has 0 bridgehead atoms. The van der Waals surface area contributed by atoms with Gasteiger partial charge in [0, 0.05) is 51.5 Å². The molecule has 2 rings (SSSR count). The first-order valence-electron chi connectivity index (χ1n) is 9.18. The average molecular weight is 433 g/mol. The van der Waals surface area contributed by atoms with Crippen LogP contribution < -0.4 is 5.32 Å². The molecule has 0 saturated carbocycles. The number of hydrogen-bond donors (Lipinski definition) is 2. The van der Waals surface area contributed by atoms with Gasteiger partial charge in [0.15, 0.2) is 6.29 Å². The molecule has 1 amide bonds. The van der Waals surface area contributed by atoms with Gasteiger partial charge in [-0.2, -0.15) is 0 Å². The van der Waals surface area contributed by atoms with Gasteiger partial charge in [0.2, 0.25) is 5.91 Å². The molecule has 2 N–H and O–H groups in total. The van der Waals surface area contributed by atoms with Crippen molar-refractivity contribution in [3.05, 3.63) is 66.8 Å². The number of aliphatic carboxylic acids is 1. The van der Waals surface area contributed by atoms with E-state index in [4.69, 9.17) is 14.6 Å². The number of amides is 1. The van der Waals surface area contributed by atoms with Gasteiger partial charge >= 0.3 is 17.9 Å². The molecule has 9 heteroatoms. The lowest BCUT2D eigenvalue weighted by molar-refractivity contribution is -0.150. The second kappa shape index (κ2) is 17.3. The monoisotopic (exact) mass is 433 g/mol. The summed E-state index contributed by atoms with van der Waals surface area (Å²) in [6, 6.07) is 10.0. The molecule has 0 saturated heterocycles. The predicted molar refractivity (Wildman–Crippen MR) is 114 cm³/mol. The Labute approximate surface area is 181 Å². The summed E-state index contributed by atoms with van der Waals surface area (Å²) in [4.78, 5) is 41.0. The lowest BCUT2D eigenvalue weighted by Crippen LogP contribution is -2.24. The Bertz CT molecular complexity index is 751.